The predicted octanol–water partition coefficient (Wildman–Crippen LogP) is 4.26. The lowest BCUT2D eigenvalue weighted by molar-refractivity contribution is 0.110. The molecule has 0 aromatic heterocycles. The number of anilines is 1. The third-order valence-corrected chi connectivity index (χ3v) is 3.66. The number of rotatable bonds is 8. The lowest BCUT2D eigenvalue weighted by atomic mass is 10.1. The zero-order valence-corrected chi connectivity index (χ0v) is 17.9. The lowest BCUT2D eigenvalue weighted by Gasteiger charge is -2.12. The van der Waals surface area contributed by atoms with Gasteiger partial charge in [-0.15, -0.1) is 24.0 Å². The van der Waals surface area contributed by atoms with Crippen molar-refractivity contribution in [3.63, 3.8) is 0 Å². The van der Waals surface area contributed by atoms with E-state index in [2.05, 4.69) is 10.3 Å². The quantitative estimate of drug-likeness (QED) is 0.262. The van der Waals surface area contributed by atoms with Crippen LogP contribution in [0.5, 0.6) is 5.75 Å². The van der Waals surface area contributed by atoms with E-state index >= 15 is 0 Å². The topological polar surface area (TPSA) is 68.9 Å². The Kier molecular flexibility index (Phi) is 10.0. The van der Waals surface area contributed by atoms with E-state index in [9.17, 15) is 0 Å². The van der Waals surface area contributed by atoms with Gasteiger partial charge in [-0.2, -0.15) is 0 Å². The van der Waals surface area contributed by atoms with Gasteiger partial charge in [0.05, 0.1) is 13.2 Å². The minimum atomic E-state index is 0. The molecule has 0 saturated heterocycles. The number of aryl methyl sites for hydroxylation is 2. The van der Waals surface area contributed by atoms with E-state index in [1.807, 2.05) is 63.2 Å². The maximum absolute atomic E-state index is 5.99. The molecule has 142 valence electrons. The maximum Gasteiger partial charge on any atom is 0.193 e. The van der Waals surface area contributed by atoms with Crippen LogP contribution in [0.4, 0.5) is 5.69 Å². The fourth-order valence-electron chi connectivity index (χ4n) is 2.28. The smallest absolute Gasteiger partial charge is 0.193 e. The Morgan fingerprint density at radius 1 is 1.04 bits per heavy atom. The summed E-state index contributed by atoms with van der Waals surface area (Å²) in [6, 6.07) is 14.1. The molecule has 0 aliphatic carbocycles. The number of nitrogens with zero attached hydrogens (tertiary/aromatic N) is 1. The van der Waals surface area contributed by atoms with E-state index in [-0.39, 0.29) is 24.0 Å². The maximum atomic E-state index is 5.99. The molecule has 0 amide bonds. The molecule has 5 nitrogen and oxygen atoms in total. The van der Waals surface area contributed by atoms with Crippen LogP contribution in [-0.4, -0.2) is 25.8 Å². The molecular formula is C20H28IN3O2. The molecule has 0 unspecified atom stereocenters. The highest BCUT2D eigenvalue weighted by atomic mass is 127. The van der Waals surface area contributed by atoms with E-state index in [0.29, 0.717) is 32.3 Å². The van der Waals surface area contributed by atoms with Gasteiger partial charge in [0.15, 0.2) is 5.96 Å². The number of ether oxygens (including phenoxy) is 2. The van der Waals surface area contributed by atoms with Crippen molar-refractivity contribution in [2.45, 2.75) is 27.3 Å². The Balaban J connectivity index is 0.00000338. The zero-order valence-electron chi connectivity index (χ0n) is 15.6. The van der Waals surface area contributed by atoms with E-state index in [1.54, 1.807) is 0 Å². The molecule has 0 aliphatic heterocycles. The van der Waals surface area contributed by atoms with E-state index in [4.69, 9.17) is 15.2 Å². The SMILES string of the molecule is CCOCCOc1cc(C)ccc1CN=C(N)Nc1ccc(C)cc1.I. The molecule has 0 atom stereocenters. The van der Waals surface area contributed by atoms with Crippen molar-refractivity contribution in [2.75, 3.05) is 25.1 Å². The van der Waals surface area contributed by atoms with Gasteiger partial charge in [0.2, 0.25) is 0 Å². The second-order valence-electron chi connectivity index (χ2n) is 5.85. The molecule has 0 fully saturated rings. The monoisotopic (exact) mass is 469 g/mol. The van der Waals surface area contributed by atoms with Crippen LogP contribution in [0.25, 0.3) is 0 Å². The minimum absolute atomic E-state index is 0. The number of halogens is 1. The van der Waals surface area contributed by atoms with Gasteiger partial charge in [-0.05, 0) is 44.5 Å². The molecule has 2 aromatic carbocycles. The fraction of sp³-hybridized carbons (Fsp3) is 0.350. The Bertz CT molecular complexity index is 703. The van der Waals surface area contributed by atoms with Gasteiger partial charge in [-0.1, -0.05) is 29.8 Å². The van der Waals surface area contributed by atoms with E-state index < -0.39 is 0 Å². The first-order valence-corrected chi connectivity index (χ1v) is 8.52. The molecule has 6 heteroatoms. The van der Waals surface area contributed by atoms with Crippen LogP contribution in [-0.2, 0) is 11.3 Å². The summed E-state index contributed by atoms with van der Waals surface area (Å²) in [5, 5.41) is 3.10. The van der Waals surface area contributed by atoms with Crippen LogP contribution in [0.1, 0.15) is 23.6 Å². The molecule has 26 heavy (non-hydrogen) atoms. The van der Waals surface area contributed by atoms with Crippen LogP contribution >= 0.6 is 24.0 Å². The summed E-state index contributed by atoms with van der Waals surface area (Å²) in [4.78, 5) is 4.42. The number of nitrogens with one attached hydrogen (secondary N) is 1. The molecule has 0 aliphatic rings. The molecule has 0 bridgehead atoms. The molecule has 2 rings (SSSR count). The second-order valence-corrected chi connectivity index (χ2v) is 5.85. The Labute approximate surface area is 173 Å². The average Bonchev–Trinajstić information content (AvgIpc) is 2.60. The van der Waals surface area contributed by atoms with Gasteiger partial charge in [-0.3, -0.25) is 0 Å². The Morgan fingerprint density at radius 2 is 1.73 bits per heavy atom. The van der Waals surface area contributed by atoms with Crippen molar-refractivity contribution in [3.8, 4) is 5.75 Å². The number of aliphatic imine (C=N–C) groups is 1. The predicted molar refractivity (Wildman–Crippen MR) is 119 cm³/mol. The molecular weight excluding hydrogens is 441 g/mol. The van der Waals surface area contributed by atoms with E-state index in [1.165, 1.54) is 5.56 Å². The molecule has 0 spiro atoms. The Hall–Kier alpha value is -1.80. The first-order chi connectivity index (χ1) is 12.1. The van der Waals surface area contributed by atoms with Gasteiger partial charge in [-0.25, -0.2) is 4.99 Å². The van der Waals surface area contributed by atoms with Gasteiger partial charge in [0.1, 0.15) is 12.4 Å². The summed E-state index contributed by atoms with van der Waals surface area (Å²) in [6.45, 7) is 8.29. The normalized spacial score (nSPS) is 11.0. The van der Waals surface area contributed by atoms with Crippen LogP contribution in [0, 0.1) is 13.8 Å². The van der Waals surface area contributed by atoms with Crippen molar-refractivity contribution < 1.29 is 9.47 Å². The molecule has 0 radical (unpaired) electrons. The number of guanidine groups is 1. The van der Waals surface area contributed by atoms with Gasteiger partial charge in [0, 0.05) is 17.9 Å². The van der Waals surface area contributed by atoms with Crippen LogP contribution < -0.4 is 15.8 Å². The number of nitrogens with two attached hydrogens (primary N) is 1. The van der Waals surface area contributed by atoms with Crippen molar-refractivity contribution >= 4 is 35.6 Å². The van der Waals surface area contributed by atoms with Crippen molar-refractivity contribution in [3.05, 3.63) is 59.2 Å². The molecule has 3 N–H and O–H groups in total. The summed E-state index contributed by atoms with van der Waals surface area (Å²) in [7, 11) is 0. The highest BCUT2D eigenvalue weighted by molar-refractivity contribution is 14.0. The van der Waals surface area contributed by atoms with Gasteiger partial charge in [0.25, 0.3) is 0 Å². The molecule has 0 heterocycles. The third-order valence-electron chi connectivity index (χ3n) is 3.66. The average molecular weight is 469 g/mol. The number of benzene rings is 2. The third kappa shape index (κ3) is 7.61. The van der Waals surface area contributed by atoms with Gasteiger partial charge >= 0.3 is 0 Å². The van der Waals surface area contributed by atoms with Crippen molar-refractivity contribution in [1.29, 1.82) is 0 Å². The Morgan fingerprint density at radius 3 is 2.42 bits per heavy atom. The minimum Gasteiger partial charge on any atom is -0.491 e. The first-order valence-electron chi connectivity index (χ1n) is 8.52. The van der Waals surface area contributed by atoms with Gasteiger partial charge < -0.3 is 20.5 Å². The summed E-state index contributed by atoms with van der Waals surface area (Å²) >= 11 is 0. The summed E-state index contributed by atoms with van der Waals surface area (Å²) in [5.74, 6) is 1.20. The summed E-state index contributed by atoms with van der Waals surface area (Å²) < 4.78 is 11.1. The first kappa shape index (κ1) is 22.2. The van der Waals surface area contributed by atoms with E-state index in [0.717, 1.165) is 22.6 Å². The number of hydrogen-bond acceptors (Lipinski definition) is 3. The molecule has 0 saturated carbocycles. The highest BCUT2D eigenvalue weighted by Gasteiger charge is 2.05. The highest BCUT2D eigenvalue weighted by Crippen LogP contribution is 2.21. The van der Waals surface area contributed by atoms with Crippen molar-refractivity contribution in [2.24, 2.45) is 10.7 Å². The van der Waals surface area contributed by atoms with Crippen LogP contribution in [0.15, 0.2) is 47.5 Å². The lowest BCUT2D eigenvalue weighted by Crippen LogP contribution is -2.22. The zero-order chi connectivity index (χ0) is 18.1. The standard InChI is InChI=1S/C20H27N3O2.HI/c1-4-24-11-12-25-19-13-16(3)5-8-17(19)14-22-20(21)23-18-9-6-15(2)7-10-18;/h5-10,13H,4,11-12,14H2,1-3H3,(H3,21,22,23);1H. The second kappa shape index (κ2) is 11.7. The summed E-state index contributed by atoms with van der Waals surface area (Å²) in [6.07, 6.45) is 0. The fourth-order valence-corrected chi connectivity index (χ4v) is 2.28. The number of hydrogen-bond donors (Lipinski definition) is 2. The van der Waals surface area contributed by atoms with Crippen molar-refractivity contribution in [1.82, 2.24) is 0 Å². The van der Waals surface area contributed by atoms with Crippen LogP contribution in [0.2, 0.25) is 0 Å². The summed E-state index contributed by atoms with van der Waals surface area (Å²) in [5.41, 5.74) is 10.3. The van der Waals surface area contributed by atoms with Crippen LogP contribution in [0.3, 0.4) is 0 Å². The molecule has 2 aromatic rings. The largest absolute Gasteiger partial charge is 0.491 e.